The third-order valence-corrected chi connectivity index (χ3v) is 4.74. The molecule has 2 heterocycles. The second-order valence-corrected chi connectivity index (χ2v) is 6.70. The summed E-state index contributed by atoms with van der Waals surface area (Å²) in [5.74, 6) is -1.80. The largest absolute Gasteiger partial charge is 0.438 e. The first kappa shape index (κ1) is 18.4. The molecule has 0 spiro atoms. The minimum atomic E-state index is -4.86. The van der Waals surface area contributed by atoms with Crippen LogP contribution in [0.15, 0.2) is 28.7 Å². The third kappa shape index (κ3) is 3.72. The lowest BCUT2D eigenvalue weighted by Crippen LogP contribution is -2.26. The Balaban J connectivity index is 1.90. The van der Waals surface area contributed by atoms with Crippen molar-refractivity contribution in [1.82, 2.24) is 9.97 Å². The molecule has 5 nitrogen and oxygen atoms in total. The van der Waals surface area contributed by atoms with Crippen LogP contribution in [0.3, 0.4) is 0 Å². The number of rotatable bonds is 5. The molecule has 0 radical (unpaired) electrons. The fraction of sp³-hybridized carbons (Fsp3) is 0.353. The predicted octanol–water partition coefficient (Wildman–Crippen LogP) is 5.01. The highest BCUT2D eigenvalue weighted by Crippen LogP contribution is 2.38. The number of aromatic nitrogens is 2. The highest BCUT2D eigenvalue weighted by molar-refractivity contribution is 7.13. The van der Waals surface area contributed by atoms with E-state index in [1.165, 1.54) is 12.1 Å². The van der Waals surface area contributed by atoms with Gasteiger partial charge in [-0.15, -0.1) is 11.3 Å². The van der Waals surface area contributed by atoms with Gasteiger partial charge in [-0.25, -0.2) is 14.8 Å². The number of nitrogens with zero attached hydrogens (tertiary/aromatic N) is 2. The summed E-state index contributed by atoms with van der Waals surface area (Å²) in [5.41, 5.74) is 0.793. The lowest BCUT2D eigenvalue weighted by Gasteiger charge is -2.17. The zero-order valence-corrected chi connectivity index (χ0v) is 14.8. The number of carbonyl (C=O) groups excluding carboxylic acids is 1. The maximum Gasteiger partial charge on any atom is 0.434 e. The normalized spacial score (nSPS) is 13.1. The number of oxazole rings is 1. The van der Waals surface area contributed by atoms with Gasteiger partial charge in [-0.1, -0.05) is 19.1 Å². The van der Waals surface area contributed by atoms with Gasteiger partial charge in [-0.3, -0.25) is 0 Å². The minimum Gasteiger partial charge on any atom is -0.438 e. The van der Waals surface area contributed by atoms with Crippen molar-refractivity contribution in [1.29, 1.82) is 0 Å². The fourth-order valence-electron chi connectivity index (χ4n) is 2.38. The molecule has 0 bridgehead atoms. The third-order valence-electron chi connectivity index (χ3n) is 3.55. The molecule has 0 aliphatic heterocycles. The number of halogens is 3. The van der Waals surface area contributed by atoms with E-state index in [0.717, 1.165) is 17.8 Å². The van der Waals surface area contributed by atoms with E-state index in [1.54, 1.807) is 19.1 Å². The van der Waals surface area contributed by atoms with Crippen molar-refractivity contribution in [2.75, 3.05) is 0 Å². The van der Waals surface area contributed by atoms with Gasteiger partial charge in [0.25, 0.3) is 6.10 Å². The van der Waals surface area contributed by atoms with Crippen LogP contribution in [0.5, 0.6) is 0 Å². The fourth-order valence-corrected chi connectivity index (χ4v) is 3.43. The van der Waals surface area contributed by atoms with Crippen molar-refractivity contribution in [3.05, 3.63) is 45.7 Å². The molecule has 0 amide bonds. The number of para-hydroxylation sites is 2. The van der Waals surface area contributed by atoms with Crippen LogP contribution in [0.4, 0.5) is 13.2 Å². The molecular formula is C17H15F3N2O3S. The first-order valence-corrected chi connectivity index (χ1v) is 8.70. The summed E-state index contributed by atoms with van der Waals surface area (Å²) >= 11 is 1.04. The van der Waals surface area contributed by atoms with Crippen LogP contribution in [-0.4, -0.2) is 22.1 Å². The van der Waals surface area contributed by atoms with Crippen LogP contribution >= 0.6 is 11.3 Å². The number of fused-ring (bicyclic) bond motifs is 1. The van der Waals surface area contributed by atoms with Gasteiger partial charge in [0.15, 0.2) is 5.58 Å². The minimum absolute atomic E-state index is 0.0545. The van der Waals surface area contributed by atoms with E-state index < -0.39 is 24.1 Å². The first-order valence-electron chi connectivity index (χ1n) is 7.89. The predicted molar refractivity (Wildman–Crippen MR) is 89.1 cm³/mol. The van der Waals surface area contributed by atoms with Crippen molar-refractivity contribution in [2.24, 2.45) is 0 Å². The number of carbonyl (C=O) groups is 1. The molecule has 138 valence electrons. The molecule has 0 N–H and O–H groups in total. The average Bonchev–Trinajstić information content (AvgIpc) is 3.14. The van der Waals surface area contributed by atoms with Crippen LogP contribution in [0.25, 0.3) is 11.1 Å². The molecule has 1 atom stereocenters. The highest BCUT2D eigenvalue weighted by atomic mass is 32.1. The quantitative estimate of drug-likeness (QED) is 0.579. The second kappa shape index (κ2) is 7.06. The molecule has 2 aromatic heterocycles. The maximum absolute atomic E-state index is 13.4. The van der Waals surface area contributed by atoms with Crippen LogP contribution < -0.4 is 0 Å². The average molecular weight is 384 g/mol. The zero-order valence-electron chi connectivity index (χ0n) is 14.0. The topological polar surface area (TPSA) is 65.2 Å². The van der Waals surface area contributed by atoms with Gasteiger partial charge in [0.05, 0.1) is 10.7 Å². The van der Waals surface area contributed by atoms with Gasteiger partial charge >= 0.3 is 12.1 Å². The summed E-state index contributed by atoms with van der Waals surface area (Å²) in [6.07, 6.45) is -5.98. The summed E-state index contributed by atoms with van der Waals surface area (Å²) < 4.78 is 50.2. The summed E-state index contributed by atoms with van der Waals surface area (Å²) in [5, 5.41) is 0.683. The number of thiazole rings is 1. The monoisotopic (exact) mass is 384 g/mol. The highest BCUT2D eigenvalue weighted by Gasteiger charge is 2.48. The first-order chi connectivity index (χ1) is 12.3. The molecular weight excluding hydrogens is 369 g/mol. The summed E-state index contributed by atoms with van der Waals surface area (Å²) in [6.45, 7) is 3.51. The Bertz CT molecular complexity index is 900. The number of hydrogen-bond donors (Lipinski definition) is 0. The van der Waals surface area contributed by atoms with Crippen LogP contribution in [0.2, 0.25) is 0 Å². The van der Waals surface area contributed by atoms with Crippen LogP contribution in [0.1, 0.15) is 45.7 Å². The molecule has 0 unspecified atom stereocenters. The molecule has 0 saturated heterocycles. The van der Waals surface area contributed by atoms with Gasteiger partial charge in [-0.2, -0.15) is 13.2 Å². The van der Waals surface area contributed by atoms with E-state index in [1.807, 2.05) is 6.92 Å². The van der Waals surface area contributed by atoms with Crippen molar-refractivity contribution in [3.8, 4) is 0 Å². The number of alkyl halides is 3. The molecule has 3 rings (SSSR count). The molecule has 0 aliphatic carbocycles. The van der Waals surface area contributed by atoms with E-state index in [2.05, 4.69) is 9.97 Å². The number of benzene rings is 1. The summed E-state index contributed by atoms with van der Waals surface area (Å²) in [6, 6.07) is 6.24. The van der Waals surface area contributed by atoms with E-state index in [0.29, 0.717) is 17.1 Å². The Labute approximate surface area is 150 Å². The Morgan fingerprint density at radius 3 is 2.69 bits per heavy atom. The van der Waals surface area contributed by atoms with E-state index in [-0.39, 0.29) is 16.0 Å². The second-order valence-electron chi connectivity index (χ2n) is 5.62. The smallest absolute Gasteiger partial charge is 0.434 e. The van der Waals surface area contributed by atoms with E-state index in [4.69, 9.17) is 9.15 Å². The Morgan fingerprint density at radius 1 is 1.31 bits per heavy atom. The lowest BCUT2D eigenvalue weighted by atomic mass is 10.3. The maximum atomic E-state index is 13.4. The van der Waals surface area contributed by atoms with E-state index in [9.17, 15) is 18.0 Å². The van der Waals surface area contributed by atoms with Gasteiger partial charge in [-0.05, 0) is 31.9 Å². The lowest BCUT2D eigenvalue weighted by molar-refractivity contribution is -0.213. The Kier molecular flexibility index (Phi) is 4.99. The zero-order chi connectivity index (χ0) is 18.9. The summed E-state index contributed by atoms with van der Waals surface area (Å²) in [4.78, 5) is 20.4. The molecule has 3 aromatic rings. The molecule has 0 aliphatic rings. The van der Waals surface area contributed by atoms with Crippen molar-refractivity contribution < 1.29 is 27.1 Å². The number of hydrogen-bond acceptors (Lipinski definition) is 6. The molecule has 26 heavy (non-hydrogen) atoms. The van der Waals surface area contributed by atoms with Gasteiger partial charge in [0.2, 0.25) is 5.89 Å². The molecule has 9 heteroatoms. The van der Waals surface area contributed by atoms with Gasteiger partial charge in [0, 0.05) is 0 Å². The van der Waals surface area contributed by atoms with Crippen molar-refractivity contribution >= 4 is 28.4 Å². The number of aryl methyl sites for hydroxylation is 2. The molecule has 0 saturated carbocycles. The number of ether oxygens (including phenoxy) is 1. The SMILES string of the molecule is CCCc1nc(C)c(C(=O)O[C@H](c2nc3ccccc3o2)C(F)(F)F)s1. The van der Waals surface area contributed by atoms with Gasteiger partial charge in [0.1, 0.15) is 10.4 Å². The van der Waals surface area contributed by atoms with Gasteiger partial charge < -0.3 is 9.15 Å². The van der Waals surface area contributed by atoms with Crippen LogP contribution in [-0.2, 0) is 11.2 Å². The van der Waals surface area contributed by atoms with E-state index >= 15 is 0 Å². The number of esters is 1. The standard InChI is InChI=1S/C17H15F3N2O3S/c1-3-6-12-21-9(2)13(26-12)16(23)25-14(17(18,19)20)15-22-10-7-4-5-8-11(10)24-15/h4-5,7-8,14H,3,6H2,1-2H3/t14-/m1/s1. The molecule has 1 aromatic carbocycles. The molecule has 0 fully saturated rings. The summed E-state index contributed by atoms with van der Waals surface area (Å²) in [7, 11) is 0. The van der Waals surface area contributed by atoms with Crippen LogP contribution in [0, 0.1) is 6.92 Å². The Morgan fingerprint density at radius 2 is 2.04 bits per heavy atom. The Hall–Kier alpha value is -2.42. The van der Waals surface area contributed by atoms with Crippen molar-refractivity contribution in [2.45, 2.75) is 39.0 Å². The van der Waals surface area contributed by atoms with Crippen molar-refractivity contribution in [3.63, 3.8) is 0 Å².